The van der Waals surface area contributed by atoms with Crippen molar-refractivity contribution in [1.82, 2.24) is 10.3 Å². The van der Waals surface area contributed by atoms with Gasteiger partial charge in [-0.25, -0.2) is 4.79 Å². The Bertz CT molecular complexity index is 710. The molecule has 0 fully saturated rings. The molecule has 0 spiro atoms. The standard InChI is InChI=1S/C18H25N3O3/c1-4-11(2)16(18(23)24-3)21-17(22)14(19)9-12-10-20-15-8-6-5-7-13(12)15/h5-8,10-11,14,16,20H,4,9,19H2,1-3H3,(H,21,22)/t11-,14-,16?/m0/s1. The van der Waals surface area contributed by atoms with Gasteiger partial charge in [0.05, 0.1) is 13.2 Å². The number of aromatic amines is 1. The molecular weight excluding hydrogens is 306 g/mol. The van der Waals surface area contributed by atoms with Crippen LogP contribution in [-0.2, 0) is 20.7 Å². The van der Waals surface area contributed by atoms with E-state index < -0.39 is 18.1 Å². The fourth-order valence-electron chi connectivity index (χ4n) is 2.69. The summed E-state index contributed by atoms with van der Waals surface area (Å²) >= 11 is 0. The van der Waals surface area contributed by atoms with Gasteiger partial charge in [-0.2, -0.15) is 0 Å². The second-order valence-corrected chi connectivity index (χ2v) is 6.07. The SMILES string of the molecule is CC[C@H](C)C(NC(=O)[C@@H](N)Cc1c[nH]c2ccccc12)C(=O)OC. The second kappa shape index (κ2) is 7.97. The quantitative estimate of drug-likeness (QED) is 0.673. The molecule has 4 N–H and O–H groups in total. The summed E-state index contributed by atoms with van der Waals surface area (Å²) in [4.78, 5) is 27.4. The Kier molecular flexibility index (Phi) is 5.98. The molecule has 0 aliphatic carbocycles. The molecule has 130 valence electrons. The first kappa shape index (κ1) is 18.0. The molecule has 0 aliphatic heterocycles. The van der Waals surface area contributed by atoms with Gasteiger partial charge in [-0.05, 0) is 24.0 Å². The Labute approximate surface area is 141 Å². The first-order valence-corrected chi connectivity index (χ1v) is 8.16. The molecule has 2 aromatic rings. The highest BCUT2D eigenvalue weighted by Crippen LogP contribution is 2.19. The molecular formula is C18H25N3O3. The number of ether oxygens (including phenoxy) is 1. The van der Waals surface area contributed by atoms with Crippen LogP contribution in [0.1, 0.15) is 25.8 Å². The summed E-state index contributed by atoms with van der Waals surface area (Å²) in [6.45, 7) is 3.85. The Hall–Kier alpha value is -2.34. The van der Waals surface area contributed by atoms with E-state index in [0.29, 0.717) is 6.42 Å². The lowest BCUT2D eigenvalue weighted by Gasteiger charge is -2.23. The van der Waals surface area contributed by atoms with E-state index >= 15 is 0 Å². The van der Waals surface area contributed by atoms with Crippen LogP contribution in [0.2, 0.25) is 0 Å². The molecule has 0 saturated heterocycles. The van der Waals surface area contributed by atoms with Gasteiger partial charge in [0, 0.05) is 17.1 Å². The predicted octanol–water partition coefficient (Wildman–Crippen LogP) is 1.74. The van der Waals surface area contributed by atoms with Crippen LogP contribution < -0.4 is 11.1 Å². The van der Waals surface area contributed by atoms with Gasteiger partial charge in [-0.15, -0.1) is 0 Å². The average Bonchev–Trinajstić information content (AvgIpc) is 3.01. The smallest absolute Gasteiger partial charge is 0.328 e. The van der Waals surface area contributed by atoms with Crippen molar-refractivity contribution in [1.29, 1.82) is 0 Å². The van der Waals surface area contributed by atoms with E-state index in [0.717, 1.165) is 22.9 Å². The summed E-state index contributed by atoms with van der Waals surface area (Å²) in [6.07, 6.45) is 3.01. The molecule has 0 saturated carbocycles. The van der Waals surface area contributed by atoms with Gasteiger partial charge >= 0.3 is 5.97 Å². The van der Waals surface area contributed by atoms with Crippen molar-refractivity contribution in [3.05, 3.63) is 36.0 Å². The van der Waals surface area contributed by atoms with E-state index in [2.05, 4.69) is 10.3 Å². The molecule has 1 aromatic heterocycles. The summed E-state index contributed by atoms with van der Waals surface area (Å²) in [5, 5.41) is 3.78. The number of rotatable bonds is 7. The van der Waals surface area contributed by atoms with Gasteiger partial charge in [-0.3, -0.25) is 4.79 Å². The summed E-state index contributed by atoms with van der Waals surface area (Å²) < 4.78 is 4.78. The van der Waals surface area contributed by atoms with Crippen LogP contribution >= 0.6 is 0 Å². The highest BCUT2D eigenvalue weighted by Gasteiger charge is 2.28. The normalized spacial score (nSPS) is 14.8. The summed E-state index contributed by atoms with van der Waals surface area (Å²) in [5.74, 6) is -0.824. The third kappa shape index (κ3) is 3.94. The van der Waals surface area contributed by atoms with E-state index in [-0.39, 0.29) is 11.8 Å². The van der Waals surface area contributed by atoms with E-state index in [9.17, 15) is 9.59 Å². The fourth-order valence-corrected chi connectivity index (χ4v) is 2.69. The summed E-state index contributed by atoms with van der Waals surface area (Å²) in [5.41, 5.74) is 8.04. The molecule has 0 aliphatic rings. The van der Waals surface area contributed by atoms with Crippen LogP contribution in [-0.4, -0.2) is 36.1 Å². The zero-order chi connectivity index (χ0) is 17.7. The Balaban J connectivity index is 2.07. The van der Waals surface area contributed by atoms with Crippen molar-refractivity contribution < 1.29 is 14.3 Å². The third-order valence-corrected chi connectivity index (χ3v) is 4.42. The molecule has 1 unspecified atom stereocenters. The van der Waals surface area contributed by atoms with E-state index in [1.165, 1.54) is 7.11 Å². The van der Waals surface area contributed by atoms with Gasteiger partial charge in [-0.1, -0.05) is 38.5 Å². The van der Waals surface area contributed by atoms with Gasteiger partial charge in [0.15, 0.2) is 0 Å². The lowest BCUT2D eigenvalue weighted by molar-refractivity contribution is -0.146. The number of fused-ring (bicyclic) bond motifs is 1. The molecule has 6 heteroatoms. The summed E-state index contributed by atoms with van der Waals surface area (Å²) in [6, 6.07) is 6.44. The number of esters is 1. The molecule has 0 bridgehead atoms. The van der Waals surface area contributed by atoms with Gasteiger partial charge < -0.3 is 20.8 Å². The van der Waals surface area contributed by atoms with Crippen molar-refractivity contribution in [2.24, 2.45) is 11.7 Å². The largest absolute Gasteiger partial charge is 0.467 e. The van der Waals surface area contributed by atoms with Crippen LogP contribution in [0, 0.1) is 5.92 Å². The number of nitrogens with one attached hydrogen (secondary N) is 2. The van der Waals surface area contributed by atoms with Crippen LogP contribution in [0.4, 0.5) is 0 Å². The fraction of sp³-hybridized carbons (Fsp3) is 0.444. The minimum atomic E-state index is -0.736. The zero-order valence-corrected chi connectivity index (χ0v) is 14.3. The number of carbonyl (C=O) groups is 2. The number of benzene rings is 1. The van der Waals surface area contributed by atoms with Crippen LogP contribution in [0.5, 0.6) is 0 Å². The first-order chi connectivity index (χ1) is 11.5. The van der Waals surface area contributed by atoms with Gasteiger partial charge in [0.1, 0.15) is 6.04 Å². The van der Waals surface area contributed by atoms with Gasteiger partial charge in [0.2, 0.25) is 5.91 Å². The molecule has 6 nitrogen and oxygen atoms in total. The van der Waals surface area contributed by atoms with Crippen LogP contribution in [0.25, 0.3) is 10.9 Å². The van der Waals surface area contributed by atoms with Crippen LogP contribution in [0.3, 0.4) is 0 Å². The Morgan fingerprint density at radius 3 is 2.71 bits per heavy atom. The number of carbonyl (C=O) groups excluding carboxylic acids is 2. The first-order valence-electron chi connectivity index (χ1n) is 8.16. The minimum Gasteiger partial charge on any atom is -0.467 e. The number of nitrogens with two attached hydrogens (primary N) is 1. The highest BCUT2D eigenvalue weighted by atomic mass is 16.5. The zero-order valence-electron chi connectivity index (χ0n) is 14.3. The van der Waals surface area contributed by atoms with Crippen LogP contribution in [0.15, 0.2) is 30.5 Å². The van der Waals surface area contributed by atoms with Crippen molar-refractivity contribution >= 4 is 22.8 Å². The lowest BCUT2D eigenvalue weighted by atomic mass is 9.98. The Morgan fingerprint density at radius 1 is 1.33 bits per heavy atom. The van der Waals surface area contributed by atoms with Gasteiger partial charge in [0.25, 0.3) is 0 Å². The second-order valence-electron chi connectivity index (χ2n) is 6.07. The molecule has 2 rings (SSSR count). The number of H-pyrrole nitrogens is 1. The van der Waals surface area contributed by atoms with Crippen molar-refractivity contribution in [2.45, 2.75) is 38.8 Å². The molecule has 24 heavy (non-hydrogen) atoms. The highest BCUT2D eigenvalue weighted by molar-refractivity contribution is 5.89. The van der Waals surface area contributed by atoms with Crippen molar-refractivity contribution in [2.75, 3.05) is 7.11 Å². The number of hydrogen-bond acceptors (Lipinski definition) is 4. The number of hydrogen-bond donors (Lipinski definition) is 3. The van der Waals surface area contributed by atoms with E-state index in [1.807, 2.05) is 44.3 Å². The van der Waals surface area contributed by atoms with E-state index in [4.69, 9.17) is 10.5 Å². The molecule has 0 radical (unpaired) electrons. The maximum Gasteiger partial charge on any atom is 0.328 e. The van der Waals surface area contributed by atoms with Crippen molar-refractivity contribution in [3.8, 4) is 0 Å². The average molecular weight is 331 g/mol. The number of para-hydroxylation sites is 1. The minimum absolute atomic E-state index is 0.0262. The molecule has 3 atom stereocenters. The summed E-state index contributed by atoms with van der Waals surface area (Å²) in [7, 11) is 1.32. The maximum atomic E-state index is 12.4. The predicted molar refractivity (Wildman–Crippen MR) is 93.4 cm³/mol. The number of amides is 1. The number of aromatic nitrogens is 1. The lowest BCUT2D eigenvalue weighted by Crippen LogP contribution is -2.51. The topological polar surface area (TPSA) is 97.2 Å². The molecule has 1 aromatic carbocycles. The van der Waals surface area contributed by atoms with E-state index in [1.54, 1.807) is 0 Å². The monoisotopic (exact) mass is 331 g/mol. The molecule has 1 amide bonds. The molecule has 1 heterocycles. The van der Waals surface area contributed by atoms with Crippen molar-refractivity contribution in [3.63, 3.8) is 0 Å². The number of methoxy groups -OCH3 is 1. The Morgan fingerprint density at radius 2 is 2.04 bits per heavy atom. The third-order valence-electron chi connectivity index (χ3n) is 4.42. The maximum absolute atomic E-state index is 12.4.